The Bertz CT molecular complexity index is 686. The Hall–Kier alpha value is -0.530. The molecular weight excluding hydrogens is 344 g/mol. The van der Waals surface area contributed by atoms with Gasteiger partial charge in [-0.3, -0.25) is 4.79 Å². The summed E-state index contributed by atoms with van der Waals surface area (Å²) in [5.41, 5.74) is -0.324. The summed E-state index contributed by atoms with van der Waals surface area (Å²) >= 11 is 0. The predicted octanol–water partition coefficient (Wildman–Crippen LogP) is 6.09. The predicted molar refractivity (Wildman–Crippen MR) is 110 cm³/mol. The maximum absolute atomic E-state index is 13.8. The van der Waals surface area contributed by atoms with E-state index >= 15 is 0 Å². The van der Waals surface area contributed by atoms with Gasteiger partial charge in [-0.25, -0.2) is 0 Å². The zero-order valence-corrected chi connectivity index (χ0v) is 18.5. The van der Waals surface area contributed by atoms with Crippen LogP contribution in [0.25, 0.3) is 0 Å². The number of fused-ring (bicyclic) bond motifs is 10. The van der Waals surface area contributed by atoms with Gasteiger partial charge in [-0.1, -0.05) is 27.2 Å². The monoisotopic (exact) mass is 384 g/mol. The van der Waals surface area contributed by atoms with E-state index in [1.54, 1.807) is 0 Å². The van der Waals surface area contributed by atoms with Crippen LogP contribution in [0.1, 0.15) is 85.5 Å². The summed E-state index contributed by atoms with van der Waals surface area (Å²) in [5, 5.41) is 0. The minimum atomic E-state index is -0.205. The molecule has 156 valence electrons. The molecule has 6 saturated carbocycles. The lowest BCUT2D eigenvalue weighted by Gasteiger charge is -2.46. The van der Waals surface area contributed by atoms with E-state index in [4.69, 9.17) is 4.74 Å². The summed E-state index contributed by atoms with van der Waals surface area (Å²) < 4.78 is 6.70. The van der Waals surface area contributed by atoms with Gasteiger partial charge in [-0.05, 0) is 112 Å². The van der Waals surface area contributed by atoms with Gasteiger partial charge in [0.25, 0.3) is 0 Å². The summed E-state index contributed by atoms with van der Waals surface area (Å²) in [6.45, 7) is 9.51. The fourth-order valence-electron chi connectivity index (χ4n) is 10.7. The fourth-order valence-corrected chi connectivity index (χ4v) is 10.7. The van der Waals surface area contributed by atoms with E-state index in [-0.39, 0.29) is 17.0 Å². The first-order chi connectivity index (χ1) is 13.4. The van der Waals surface area contributed by atoms with Crippen molar-refractivity contribution in [1.29, 1.82) is 0 Å². The number of rotatable bonds is 3. The standard InChI is InChI=1S/C26H40O2/c1-5-26(13-16-10-20(26)19-8-6-7-18(16)19)28-24(27)25(4)12-17-11-21(25)23-15(3)9-14(2)22(17)23/h14-23H,5-13H2,1-4H3. The van der Waals surface area contributed by atoms with Crippen LogP contribution in [0.15, 0.2) is 0 Å². The maximum Gasteiger partial charge on any atom is 0.312 e. The molecule has 6 rings (SSSR count). The van der Waals surface area contributed by atoms with Crippen molar-refractivity contribution in [2.24, 2.45) is 64.6 Å². The number of hydrogen-bond acceptors (Lipinski definition) is 2. The topological polar surface area (TPSA) is 26.3 Å². The molecule has 28 heavy (non-hydrogen) atoms. The largest absolute Gasteiger partial charge is 0.458 e. The third-order valence-electron chi connectivity index (χ3n) is 11.5. The van der Waals surface area contributed by atoms with E-state index in [1.807, 2.05) is 0 Å². The average Bonchev–Trinajstić information content (AvgIpc) is 3.43. The van der Waals surface area contributed by atoms with Gasteiger partial charge in [0, 0.05) is 5.92 Å². The van der Waals surface area contributed by atoms with Crippen LogP contribution in [-0.4, -0.2) is 11.6 Å². The Morgan fingerprint density at radius 2 is 1.64 bits per heavy atom. The lowest BCUT2D eigenvalue weighted by molar-refractivity contribution is -0.187. The Morgan fingerprint density at radius 3 is 2.43 bits per heavy atom. The first-order valence-corrected chi connectivity index (χ1v) is 12.6. The number of esters is 1. The molecule has 6 aliphatic carbocycles. The van der Waals surface area contributed by atoms with Gasteiger partial charge in [-0.15, -0.1) is 0 Å². The minimum absolute atomic E-state index is 0.119. The zero-order chi connectivity index (χ0) is 19.4. The molecule has 12 atom stereocenters. The molecule has 2 heteroatoms. The Balaban J connectivity index is 1.25. The molecule has 0 spiro atoms. The molecule has 0 radical (unpaired) electrons. The SMILES string of the molecule is CCC1(OC(=O)C2(C)CC3CC2C2C(C)CC(C)C32)CC2CC1C1CCCC21. The Morgan fingerprint density at radius 1 is 0.929 bits per heavy atom. The van der Waals surface area contributed by atoms with Crippen molar-refractivity contribution in [3.63, 3.8) is 0 Å². The molecule has 0 amide bonds. The third kappa shape index (κ3) is 2.09. The van der Waals surface area contributed by atoms with Crippen LogP contribution in [-0.2, 0) is 9.53 Å². The quantitative estimate of drug-likeness (QED) is 0.550. The molecule has 0 aromatic carbocycles. The van der Waals surface area contributed by atoms with Gasteiger partial charge in [0.2, 0.25) is 0 Å². The highest BCUT2D eigenvalue weighted by Gasteiger charge is 2.67. The first kappa shape index (κ1) is 18.3. The second-order valence-corrected chi connectivity index (χ2v) is 12.4. The van der Waals surface area contributed by atoms with Crippen LogP contribution in [0.4, 0.5) is 0 Å². The van der Waals surface area contributed by atoms with E-state index in [9.17, 15) is 4.79 Å². The van der Waals surface area contributed by atoms with Gasteiger partial charge < -0.3 is 4.74 Å². The lowest BCUT2D eigenvalue weighted by Crippen LogP contribution is -2.50. The lowest BCUT2D eigenvalue weighted by atomic mass is 9.64. The van der Waals surface area contributed by atoms with Crippen molar-refractivity contribution in [3.8, 4) is 0 Å². The second-order valence-electron chi connectivity index (χ2n) is 12.4. The number of carbonyl (C=O) groups is 1. The molecule has 0 aromatic heterocycles. The highest BCUT2D eigenvalue weighted by atomic mass is 16.6. The summed E-state index contributed by atoms with van der Waals surface area (Å²) in [6, 6.07) is 0. The first-order valence-electron chi connectivity index (χ1n) is 12.6. The van der Waals surface area contributed by atoms with Crippen LogP contribution in [0.3, 0.4) is 0 Å². The van der Waals surface area contributed by atoms with Gasteiger partial charge in [-0.2, -0.15) is 0 Å². The van der Waals surface area contributed by atoms with E-state index in [2.05, 4.69) is 27.7 Å². The zero-order valence-electron chi connectivity index (χ0n) is 18.5. The average molecular weight is 385 g/mol. The number of carbonyl (C=O) groups excluding carboxylic acids is 1. The van der Waals surface area contributed by atoms with Gasteiger partial charge in [0.1, 0.15) is 5.60 Å². The van der Waals surface area contributed by atoms with Crippen molar-refractivity contribution in [2.75, 3.05) is 0 Å². The molecule has 0 heterocycles. The Kier molecular flexibility index (Phi) is 3.77. The Labute approximate surface area is 171 Å². The van der Waals surface area contributed by atoms with Crippen molar-refractivity contribution >= 4 is 5.97 Å². The molecule has 4 bridgehead atoms. The molecule has 6 fully saturated rings. The molecule has 0 aromatic rings. The van der Waals surface area contributed by atoms with Crippen LogP contribution in [0.2, 0.25) is 0 Å². The van der Waals surface area contributed by atoms with E-state index in [0.717, 1.165) is 60.2 Å². The molecule has 2 nitrogen and oxygen atoms in total. The van der Waals surface area contributed by atoms with Crippen LogP contribution in [0, 0.1) is 64.6 Å². The highest BCUT2D eigenvalue weighted by molar-refractivity contribution is 5.78. The van der Waals surface area contributed by atoms with Crippen LogP contribution in [0.5, 0.6) is 0 Å². The normalized spacial score (nSPS) is 61.0. The maximum atomic E-state index is 13.8. The summed E-state index contributed by atoms with van der Waals surface area (Å²) in [6.07, 6.45) is 11.6. The van der Waals surface area contributed by atoms with E-state index in [0.29, 0.717) is 11.8 Å². The number of hydrogen-bond donors (Lipinski definition) is 0. The van der Waals surface area contributed by atoms with Crippen molar-refractivity contribution < 1.29 is 9.53 Å². The highest BCUT2D eigenvalue weighted by Crippen LogP contribution is 2.69. The fraction of sp³-hybridized carbons (Fsp3) is 0.962. The van der Waals surface area contributed by atoms with Gasteiger partial charge in [0.15, 0.2) is 0 Å². The summed E-state index contributed by atoms with van der Waals surface area (Å²) in [4.78, 5) is 13.8. The molecule has 6 aliphatic rings. The van der Waals surface area contributed by atoms with Gasteiger partial charge in [0.05, 0.1) is 5.41 Å². The second kappa shape index (κ2) is 5.79. The summed E-state index contributed by atoms with van der Waals surface area (Å²) in [7, 11) is 0. The smallest absolute Gasteiger partial charge is 0.312 e. The third-order valence-corrected chi connectivity index (χ3v) is 11.5. The molecular formula is C26H40O2. The van der Waals surface area contributed by atoms with Crippen LogP contribution < -0.4 is 0 Å². The summed E-state index contributed by atoms with van der Waals surface area (Å²) in [5.74, 6) is 8.23. The van der Waals surface area contributed by atoms with E-state index in [1.165, 1.54) is 44.9 Å². The molecule has 0 N–H and O–H groups in total. The van der Waals surface area contributed by atoms with Crippen molar-refractivity contribution in [3.05, 3.63) is 0 Å². The van der Waals surface area contributed by atoms with Crippen LogP contribution >= 0.6 is 0 Å². The van der Waals surface area contributed by atoms with Gasteiger partial charge >= 0.3 is 5.97 Å². The molecule has 0 saturated heterocycles. The minimum Gasteiger partial charge on any atom is -0.458 e. The molecule has 0 aliphatic heterocycles. The van der Waals surface area contributed by atoms with Crippen molar-refractivity contribution in [1.82, 2.24) is 0 Å². The number of ether oxygens (including phenoxy) is 1. The van der Waals surface area contributed by atoms with E-state index < -0.39 is 0 Å². The van der Waals surface area contributed by atoms with Crippen molar-refractivity contribution in [2.45, 2.75) is 91.1 Å². The molecule has 12 unspecified atom stereocenters.